The fourth-order valence-corrected chi connectivity index (χ4v) is 3.39. The lowest BCUT2D eigenvalue weighted by atomic mass is 9.91. The molecule has 0 atom stereocenters. The van der Waals surface area contributed by atoms with Crippen LogP contribution in [0, 0.1) is 0 Å². The summed E-state index contributed by atoms with van der Waals surface area (Å²) < 4.78 is 0. The van der Waals surface area contributed by atoms with Gasteiger partial charge >= 0.3 is 0 Å². The minimum absolute atomic E-state index is 0.0192. The molecule has 1 saturated carbocycles. The summed E-state index contributed by atoms with van der Waals surface area (Å²) in [5, 5.41) is 3.10. The number of likely N-dealkylation sites (tertiary alicyclic amines) is 1. The van der Waals surface area contributed by atoms with Crippen molar-refractivity contribution in [1.82, 2.24) is 10.2 Å². The second kappa shape index (κ2) is 7.13. The Hall–Kier alpha value is -1.88. The van der Waals surface area contributed by atoms with Crippen molar-refractivity contribution in [1.29, 1.82) is 0 Å². The van der Waals surface area contributed by atoms with Gasteiger partial charge in [-0.3, -0.25) is 9.59 Å². The van der Waals surface area contributed by atoms with Gasteiger partial charge in [0.2, 0.25) is 5.91 Å². The molecule has 2 fully saturated rings. The molecule has 3 rings (SSSR count). The summed E-state index contributed by atoms with van der Waals surface area (Å²) in [7, 11) is 0. The van der Waals surface area contributed by atoms with E-state index in [1.165, 1.54) is 0 Å². The van der Waals surface area contributed by atoms with Gasteiger partial charge in [-0.2, -0.15) is 0 Å². The minimum Gasteiger partial charge on any atom is -0.349 e. The molecule has 1 heterocycles. The van der Waals surface area contributed by atoms with Crippen LogP contribution in [0.4, 0.5) is 0 Å². The summed E-state index contributed by atoms with van der Waals surface area (Å²) in [5.74, 6) is 0.205. The van der Waals surface area contributed by atoms with E-state index in [0.717, 1.165) is 44.2 Å². The highest BCUT2D eigenvalue weighted by Gasteiger charge is 2.21. The van der Waals surface area contributed by atoms with Gasteiger partial charge in [0.05, 0.1) is 0 Å². The van der Waals surface area contributed by atoms with Crippen LogP contribution in [0.1, 0.15) is 54.4 Å². The number of hydrogen-bond acceptors (Lipinski definition) is 3. The Labute approximate surface area is 137 Å². The zero-order valence-electron chi connectivity index (χ0n) is 13.5. The van der Waals surface area contributed by atoms with Crippen molar-refractivity contribution in [3.63, 3.8) is 0 Å². The van der Waals surface area contributed by atoms with Crippen molar-refractivity contribution in [3.05, 3.63) is 35.4 Å². The lowest BCUT2D eigenvalue weighted by Crippen LogP contribution is -2.40. The largest absolute Gasteiger partial charge is 0.349 e. The third kappa shape index (κ3) is 4.10. The Morgan fingerprint density at radius 3 is 2.48 bits per heavy atom. The quantitative estimate of drug-likeness (QED) is 0.890. The number of benzene rings is 1. The van der Waals surface area contributed by atoms with Crippen molar-refractivity contribution in [3.8, 4) is 0 Å². The topological polar surface area (TPSA) is 75.4 Å². The van der Waals surface area contributed by atoms with E-state index in [0.29, 0.717) is 18.5 Å². The Kier molecular flexibility index (Phi) is 4.96. The van der Waals surface area contributed by atoms with Gasteiger partial charge in [0.1, 0.15) is 0 Å². The fourth-order valence-electron chi connectivity index (χ4n) is 3.39. The van der Waals surface area contributed by atoms with Crippen LogP contribution < -0.4 is 11.1 Å². The van der Waals surface area contributed by atoms with Gasteiger partial charge in [0.15, 0.2) is 0 Å². The number of amides is 2. The maximum absolute atomic E-state index is 12.3. The first-order chi connectivity index (χ1) is 11.1. The van der Waals surface area contributed by atoms with Crippen LogP contribution in [0.15, 0.2) is 24.3 Å². The number of hydrogen-bond donors (Lipinski definition) is 2. The van der Waals surface area contributed by atoms with Crippen molar-refractivity contribution in [2.45, 2.75) is 57.2 Å². The summed E-state index contributed by atoms with van der Waals surface area (Å²) in [4.78, 5) is 25.8. The molecule has 0 aromatic heterocycles. The first kappa shape index (κ1) is 16.0. The molecule has 0 spiro atoms. The molecule has 1 aromatic carbocycles. The van der Waals surface area contributed by atoms with E-state index < -0.39 is 0 Å². The summed E-state index contributed by atoms with van der Waals surface area (Å²) in [6, 6.07) is 8.11. The third-order valence-corrected chi connectivity index (χ3v) is 4.87. The second-order valence-electron chi connectivity index (χ2n) is 6.70. The minimum atomic E-state index is -0.0192. The van der Waals surface area contributed by atoms with Crippen LogP contribution in [-0.2, 0) is 11.3 Å². The Balaban J connectivity index is 1.54. The molecule has 2 amide bonds. The molecule has 5 heteroatoms. The van der Waals surface area contributed by atoms with E-state index in [1.54, 1.807) is 0 Å². The monoisotopic (exact) mass is 315 g/mol. The first-order valence-electron chi connectivity index (χ1n) is 8.55. The molecule has 2 aliphatic rings. The molecule has 0 unspecified atom stereocenters. The predicted octanol–water partition coefficient (Wildman–Crippen LogP) is 1.81. The molecule has 124 valence electrons. The Morgan fingerprint density at radius 2 is 1.87 bits per heavy atom. The molecule has 0 bridgehead atoms. The van der Waals surface area contributed by atoms with Crippen LogP contribution in [-0.4, -0.2) is 35.3 Å². The molecule has 5 nitrogen and oxygen atoms in total. The maximum Gasteiger partial charge on any atom is 0.251 e. The van der Waals surface area contributed by atoms with Crippen LogP contribution in [0.3, 0.4) is 0 Å². The van der Waals surface area contributed by atoms with Crippen molar-refractivity contribution < 1.29 is 9.59 Å². The lowest BCUT2D eigenvalue weighted by Gasteiger charge is -2.26. The van der Waals surface area contributed by atoms with E-state index in [-0.39, 0.29) is 23.9 Å². The standard InChI is InChI=1S/C18H25N3O2/c19-15-7-9-16(10-8-15)20-18(23)14-5-3-13(4-6-14)12-21-11-1-2-17(21)22/h3-6,15-16H,1-2,7-12,19H2,(H,20,23). The molecule has 1 aliphatic heterocycles. The number of nitrogens with one attached hydrogen (secondary N) is 1. The maximum atomic E-state index is 12.3. The van der Waals surface area contributed by atoms with Gasteiger partial charge in [0.25, 0.3) is 5.91 Å². The zero-order valence-corrected chi connectivity index (χ0v) is 13.5. The van der Waals surface area contributed by atoms with E-state index in [1.807, 2.05) is 29.2 Å². The summed E-state index contributed by atoms with van der Waals surface area (Å²) in [6.07, 6.45) is 5.49. The van der Waals surface area contributed by atoms with Gasteiger partial charge in [-0.15, -0.1) is 0 Å². The number of rotatable bonds is 4. The number of nitrogens with two attached hydrogens (primary N) is 1. The smallest absolute Gasteiger partial charge is 0.251 e. The van der Waals surface area contributed by atoms with Crippen molar-refractivity contribution in [2.24, 2.45) is 5.73 Å². The Morgan fingerprint density at radius 1 is 1.17 bits per heavy atom. The van der Waals surface area contributed by atoms with Gasteiger partial charge in [-0.1, -0.05) is 12.1 Å². The number of carbonyl (C=O) groups is 2. The van der Waals surface area contributed by atoms with E-state index in [4.69, 9.17) is 5.73 Å². The van der Waals surface area contributed by atoms with Gasteiger partial charge in [-0.05, 0) is 49.8 Å². The van der Waals surface area contributed by atoms with Gasteiger partial charge in [-0.25, -0.2) is 0 Å². The first-order valence-corrected chi connectivity index (χ1v) is 8.55. The Bertz CT molecular complexity index is 562. The average Bonchev–Trinajstić information content (AvgIpc) is 2.95. The van der Waals surface area contributed by atoms with Crippen LogP contribution in [0.5, 0.6) is 0 Å². The summed E-state index contributed by atoms with van der Waals surface area (Å²) in [5.41, 5.74) is 7.64. The molecule has 0 radical (unpaired) electrons. The second-order valence-corrected chi connectivity index (χ2v) is 6.70. The lowest BCUT2D eigenvalue weighted by molar-refractivity contribution is -0.128. The van der Waals surface area contributed by atoms with E-state index in [2.05, 4.69) is 5.32 Å². The highest BCUT2D eigenvalue weighted by molar-refractivity contribution is 5.94. The highest BCUT2D eigenvalue weighted by atomic mass is 16.2. The molecule has 1 saturated heterocycles. The summed E-state index contributed by atoms with van der Waals surface area (Å²) in [6.45, 7) is 1.48. The van der Waals surface area contributed by atoms with Crippen LogP contribution >= 0.6 is 0 Å². The molecular weight excluding hydrogens is 290 g/mol. The molecule has 3 N–H and O–H groups in total. The molecule has 1 aromatic rings. The average molecular weight is 315 g/mol. The van der Waals surface area contributed by atoms with Crippen molar-refractivity contribution in [2.75, 3.05) is 6.54 Å². The van der Waals surface area contributed by atoms with Crippen LogP contribution in [0.25, 0.3) is 0 Å². The number of carbonyl (C=O) groups excluding carboxylic acids is 2. The molecule has 1 aliphatic carbocycles. The fraction of sp³-hybridized carbons (Fsp3) is 0.556. The summed E-state index contributed by atoms with van der Waals surface area (Å²) >= 11 is 0. The highest BCUT2D eigenvalue weighted by Crippen LogP contribution is 2.18. The van der Waals surface area contributed by atoms with Crippen molar-refractivity contribution >= 4 is 11.8 Å². The zero-order chi connectivity index (χ0) is 16.2. The van der Waals surface area contributed by atoms with Gasteiger partial charge < -0.3 is 16.0 Å². The predicted molar refractivity (Wildman–Crippen MR) is 88.8 cm³/mol. The van der Waals surface area contributed by atoms with Crippen LogP contribution in [0.2, 0.25) is 0 Å². The number of nitrogens with zero attached hydrogens (tertiary/aromatic N) is 1. The SMILES string of the molecule is NC1CCC(NC(=O)c2ccc(CN3CCCC3=O)cc2)CC1. The normalized spacial score (nSPS) is 24.7. The van der Waals surface area contributed by atoms with E-state index in [9.17, 15) is 9.59 Å². The molecule has 23 heavy (non-hydrogen) atoms. The van der Waals surface area contributed by atoms with Gasteiger partial charge in [0, 0.05) is 37.2 Å². The molecular formula is C18H25N3O2. The third-order valence-electron chi connectivity index (χ3n) is 4.87. The van der Waals surface area contributed by atoms with E-state index >= 15 is 0 Å².